The summed E-state index contributed by atoms with van der Waals surface area (Å²) in [6.07, 6.45) is 2.38. The maximum absolute atomic E-state index is 14.2. The van der Waals surface area contributed by atoms with E-state index in [1.54, 1.807) is 10.8 Å². The number of carbonyl (C=O) groups is 2. The van der Waals surface area contributed by atoms with Gasteiger partial charge in [-0.25, -0.2) is 8.42 Å². The highest BCUT2D eigenvalue weighted by atomic mass is 32.2. The number of halogens is 1. The fourth-order valence-electron chi connectivity index (χ4n) is 5.90. The number of nitrogens with two attached hydrogens (primary N) is 1. The van der Waals surface area contributed by atoms with Gasteiger partial charge < -0.3 is 30.8 Å². The van der Waals surface area contributed by atoms with Crippen LogP contribution in [0.4, 0.5) is 10.1 Å². The lowest BCUT2D eigenvalue weighted by molar-refractivity contribution is 0.0299. The van der Waals surface area contributed by atoms with E-state index in [2.05, 4.69) is 20.4 Å². The van der Waals surface area contributed by atoms with Crippen molar-refractivity contribution in [3.63, 3.8) is 0 Å². The Labute approximate surface area is 264 Å². The number of benzene rings is 1. The number of alkyl halides is 1. The maximum Gasteiger partial charge on any atom is 0.267 e. The van der Waals surface area contributed by atoms with Crippen LogP contribution in [0.15, 0.2) is 29.3 Å². The summed E-state index contributed by atoms with van der Waals surface area (Å²) in [5, 5.41) is 15.4. The number of β-amino-alcohol motifs (C(OH)–C–C–N with tert-alkyl or cyclic N) is 1. The predicted molar refractivity (Wildman–Crippen MR) is 169 cm³/mol. The summed E-state index contributed by atoms with van der Waals surface area (Å²) < 4.78 is 50.4. The number of ether oxygens (including phenoxy) is 1. The van der Waals surface area contributed by atoms with E-state index in [1.165, 1.54) is 22.5 Å². The van der Waals surface area contributed by atoms with Crippen LogP contribution in [-0.2, 0) is 23.0 Å². The monoisotopic (exact) mass is 651 g/mol. The summed E-state index contributed by atoms with van der Waals surface area (Å²) in [4.78, 5) is 30.5. The highest BCUT2D eigenvalue weighted by Gasteiger charge is 2.38. The quantitative estimate of drug-likeness (QED) is 0.221. The van der Waals surface area contributed by atoms with Crippen LogP contribution in [0, 0.1) is 0 Å². The van der Waals surface area contributed by atoms with Crippen LogP contribution in [0.1, 0.15) is 53.1 Å². The first-order valence-electron chi connectivity index (χ1n) is 15.6. The molecule has 0 radical (unpaired) electrons. The first kappa shape index (κ1) is 34.8. The van der Waals surface area contributed by atoms with E-state index in [-0.39, 0.29) is 53.6 Å². The fraction of sp³-hybridized carbons (Fsp3) is 0.600. The second-order valence-corrected chi connectivity index (χ2v) is 13.1. The molecule has 0 spiro atoms. The number of rotatable bonds is 15. The van der Waals surface area contributed by atoms with Crippen molar-refractivity contribution in [3.8, 4) is 5.75 Å². The molecule has 2 amide bonds. The lowest BCUT2D eigenvalue weighted by atomic mass is 10.1. The summed E-state index contributed by atoms with van der Waals surface area (Å²) >= 11 is 0. The zero-order valence-electron chi connectivity index (χ0n) is 26.1. The number of aliphatic hydroxyl groups is 1. The summed E-state index contributed by atoms with van der Waals surface area (Å²) in [5.41, 5.74) is 6.50. The van der Waals surface area contributed by atoms with Gasteiger partial charge in [0.25, 0.3) is 11.8 Å². The van der Waals surface area contributed by atoms with E-state index < -0.39 is 34.7 Å². The number of aryl methyl sites for hydroxylation is 2. The van der Waals surface area contributed by atoms with Crippen LogP contribution in [0.2, 0.25) is 0 Å². The third-order valence-corrected chi connectivity index (χ3v) is 10.1. The molecule has 15 heteroatoms. The molecule has 1 aromatic heterocycles. The Bertz CT molecular complexity index is 1430. The highest BCUT2D eigenvalue weighted by Crippen LogP contribution is 2.31. The topological polar surface area (TPSA) is 162 Å². The minimum absolute atomic E-state index is 0.00932. The van der Waals surface area contributed by atoms with E-state index in [1.807, 2.05) is 13.8 Å². The Kier molecular flexibility index (Phi) is 12.3. The second kappa shape index (κ2) is 16.0. The van der Waals surface area contributed by atoms with Crippen molar-refractivity contribution < 1.29 is 32.2 Å². The van der Waals surface area contributed by atoms with Gasteiger partial charge in [-0.05, 0) is 49.9 Å². The lowest BCUT2D eigenvalue weighted by Gasteiger charge is -2.45. The molecule has 2 fully saturated rings. The molecular weight excluding hydrogens is 605 g/mol. The number of piperazine rings is 2. The van der Waals surface area contributed by atoms with Crippen molar-refractivity contribution >= 4 is 27.5 Å². The van der Waals surface area contributed by atoms with E-state index in [0.29, 0.717) is 57.9 Å². The molecule has 1 unspecified atom stereocenters. The molecule has 0 aliphatic carbocycles. The molecule has 2 saturated heterocycles. The van der Waals surface area contributed by atoms with Gasteiger partial charge in [0.05, 0.1) is 42.2 Å². The van der Waals surface area contributed by atoms with Gasteiger partial charge in [0.2, 0.25) is 10.0 Å². The molecule has 13 nitrogen and oxygen atoms in total. The average molecular weight is 652 g/mol. The Morgan fingerprint density at radius 2 is 1.93 bits per heavy atom. The Morgan fingerprint density at radius 3 is 2.58 bits per heavy atom. The third kappa shape index (κ3) is 8.02. The normalized spacial score (nSPS) is 18.6. The van der Waals surface area contributed by atoms with Gasteiger partial charge in [-0.3, -0.25) is 23.8 Å². The Morgan fingerprint density at radius 1 is 1.18 bits per heavy atom. The third-order valence-electron chi connectivity index (χ3n) is 8.23. The molecule has 1 aromatic carbocycles. The minimum atomic E-state index is -4.05. The summed E-state index contributed by atoms with van der Waals surface area (Å²) in [7, 11) is -4.05. The summed E-state index contributed by atoms with van der Waals surface area (Å²) in [6.45, 7) is 8.46. The van der Waals surface area contributed by atoms with Crippen LogP contribution in [-0.4, -0.2) is 122 Å². The van der Waals surface area contributed by atoms with Gasteiger partial charge in [-0.2, -0.15) is 4.31 Å². The van der Waals surface area contributed by atoms with Crippen molar-refractivity contribution in [1.82, 2.24) is 24.0 Å². The number of amides is 2. The zero-order chi connectivity index (χ0) is 32.6. The Hall–Kier alpha value is -3.08. The standard InChI is InChI=1S/C30H46FN7O6S/c1-3-18-44-25-8-7-23(45(42,43)38-11-10-33-20-26(38)37-14-12-35(13-15-37)16-17-39)19-24(25)30(41)34-27-22(6-5-9-31)21-36(4-2)28(27)29(32)40/h7-8,19,21,26,33,39H,3-6,9-18,20H2,1-2H3,(H2,32,40)(H,34,41). The van der Waals surface area contributed by atoms with Crippen molar-refractivity contribution in [2.45, 2.75) is 50.7 Å². The average Bonchev–Trinajstić information content (AvgIpc) is 3.40. The molecule has 1 atom stereocenters. The minimum Gasteiger partial charge on any atom is -0.493 e. The van der Waals surface area contributed by atoms with Crippen LogP contribution in [0.3, 0.4) is 0 Å². The van der Waals surface area contributed by atoms with Crippen LogP contribution >= 0.6 is 0 Å². The van der Waals surface area contributed by atoms with Crippen LogP contribution < -0.4 is 21.1 Å². The largest absolute Gasteiger partial charge is 0.493 e. The molecular formula is C30H46FN7O6S. The smallest absolute Gasteiger partial charge is 0.267 e. The summed E-state index contributed by atoms with van der Waals surface area (Å²) in [6, 6.07) is 4.25. The number of primary amides is 1. The van der Waals surface area contributed by atoms with Crippen LogP contribution in [0.25, 0.3) is 0 Å². The molecule has 250 valence electrons. The first-order chi connectivity index (χ1) is 21.7. The van der Waals surface area contributed by atoms with E-state index >= 15 is 0 Å². The van der Waals surface area contributed by atoms with Crippen molar-refractivity contribution in [1.29, 1.82) is 0 Å². The predicted octanol–water partition coefficient (Wildman–Crippen LogP) is 1.08. The number of hydrogen-bond acceptors (Lipinski definition) is 9. The first-order valence-corrected chi connectivity index (χ1v) is 17.1. The van der Waals surface area contributed by atoms with Gasteiger partial charge >= 0.3 is 0 Å². The molecule has 5 N–H and O–H groups in total. The van der Waals surface area contributed by atoms with Crippen LogP contribution in [0.5, 0.6) is 5.75 Å². The van der Waals surface area contributed by atoms with Crippen molar-refractivity contribution in [3.05, 3.63) is 41.2 Å². The zero-order valence-corrected chi connectivity index (χ0v) is 27.0. The number of anilines is 1. The number of hydrogen-bond donors (Lipinski definition) is 4. The van der Waals surface area contributed by atoms with Gasteiger partial charge in [0, 0.05) is 65.1 Å². The van der Waals surface area contributed by atoms with Crippen molar-refractivity contribution in [2.24, 2.45) is 5.73 Å². The lowest BCUT2D eigenvalue weighted by Crippen LogP contribution is -2.63. The highest BCUT2D eigenvalue weighted by molar-refractivity contribution is 7.89. The molecule has 2 aliphatic rings. The van der Waals surface area contributed by atoms with Gasteiger partial charge in [-0.1, -0.05) is 6.92 Å². The number of aliphatic hydroxyl groups excluding tert-OH is 1. The van der Waals surface area contributed by atoms with Gasteiger partial charge in [0.15, 0.2) is 0 Å². The molecule has 45 heavy (non-hydrogen) atoms. The molecule has 0 saturated carbocycles. The second-order valence-electron chi connectivity index (χ2n) is 11.2. The maximum atomic E-state index is 14.2. The number of nitrogens with one attached hydrogen (secondary N) is 2. The molecule has 4 rings (SSSR count). The number of nitrogens with zero attached hydrogens (tertiary/aromatic N) is 4. The molecule has 0 bridgehead atoms. The fourth-order valence-corrected chi connectivity index (χ4v) is 7.54. The molecule has 3 heterocycles. The number of sulfonamides is 1. The molecule has 2 aliphatic heterocycles. The number of aromatic nitrogens is 1. The molecule has 2 aromatic rings. The van der Waals surface area contributed by atoms with Gasteiger partial charge in [-0.15, -0.1) is 0 Å². The van der Waals surface area contributed by atoms with Crippen molar-refractivity contribution in [2.75, 3.05) is 77.6 Å². The number of carbonyl (C=O) groups excluding carboxylic acids is 2. The van der Waals surface area contributed by atoms with E-state index in [4.69, 9.17) is 10.5 Å². The van der Waals surface area contributed by atoms with E-state index in [9.17, 15) is 27.5 Å². The van der Waals surface area contributed by atoms with Gasteiger partial charge in [0.1, 0.15) is 11.4 Å². The summed E-state index contributed by atoms with van der Waals surface area (Å²) in [5.74, 6) is -1.22. The Balaban J connectivity index is 1.68. The SMILES string of the molecule is CCCOc1ccc(S(=O)(=O)N2CCNCC2N2CCN(CCO)CC2)cc1C(=O)Nc1c(CCCF)cn(CC)c1C(N)=O. The van der Waals surface area contributed by atoms with E-state index in [0.717, 1.165) is 13.1 Å².